The normalized spacial score (nSPS) is 22.2. The second kappa shape index (κ2) is 7.31. The first-order valence-electron chi connectivity index (χ1n) is 7.42. The minimum atomic E-state index is -4.33. The number of halogens is 3. The zero-order chi connectivity index (χ0) is 17.0. The highest BCUT2D eigenvalue weighted by molar-refractivity contribution is 5.94. The van der Waals surface area contributed by atoms with Gasteiger partial charge in [-0.3, -0.25) is 4.79 Å². The molecule has 1 saturated heterocycles. The Morgan fingerprint density at radius 3 is 2.57 bits per heavy atom. The van der Waals surface area contributed by atoms with Crippen LogP contribution in [0.4, 0.5) is 13.2 Å². The molecule has 1 aliphatic rings. The summed E-state index contributed by atoms with van der Waals surface area (Å²) in [5.74, 6) is -0.101. The number of ether oxygens (including phenoxy) is 2. The molecule has 1 fully saturated rings. The van der Waals surface area contributed by atoms with Crippen molar-refractivity contribution < 1.29 is 27.4 Å². The molecule has 1 aromatic rings. The molecule has 0 unspecified atom stereocenters. The minimum absolute atomic E-state index is 0.00602. The fourth-order valence-electron chi connectivity index (χ4n) is 2.38. The zero-order valence-corrected chi connectivity index (χ0v) is 13.1. The van der Waals surface area contributed by atoms with Crippen molar-refractivity contribution in [2.24, 2.45) is 0 Å². The van der Waals surface area contributed by atoms with Crippen molar-refractivity contribution in [3.05, 3.63) is 35.4 Å². The van der Waals surface area contributed by atoms with Gasteiger partial charge in [0.1, 0.15) is 6.61 Å². The lowest BCUT2D eigenvalue weighted by atomic mass is 10.1. The lowest BCUT2D eigenvalue weighted by Gasteiger charge is -2.36. The molecule has 2 atom stereocenters. The van der Waals surface area contributed by atoms with Gasteiger partial charge in [-0.15, -0.1) is 0 Å². The predicted octanol–water partition coefficient (Wildman–Crippen LogP) is 3.01. The highest BCUT2D eigenvalue weighted by atomic mass is 19.4. The van der Waals surface area contributed by atoms with Gasteiger partial charge in [-0.1, -0.05) is 12.1 Å². The molecule has 1 amide bonds. The maximum absolute atomic E-state index is 12.5. The van der Waals surface area contributed by atoms with Crippen molar-refractivity contribution in [2.45, 2.75) is 38.8 Å². The summed E-state index contributed by atoms with van der Waals surface area (Å²) in [7, 11) is 0. The molecule has 0 aliphatic carbocycles. The molecular formula is C16H20F3NO3. The van der Waals surface area contributed by atoms with Crippen LogP contribution in [0.1, 0.15) is 29.8 Å². The van der Waals surface area contributed by atoms with Gasteiger partial charge in [0, 0.05) is 12.1 Å². The first-order valence-corrected chi connectivity index (χ1v) is 7.42. The van der Waals surface area contributed by atoms with E-state index in [0.717, 1.165) is 0 Å². The lowest BCUT2D eigenvalue weighted by Crippen LogP contribution is -2.50. The average molecular weight is 331 g/mol. The third kappa shape index (κ3) is 5.21. The molecule has 4 nitrogen and oxygen atoms in total. The fourth-order valence-corrected chi connectivity index (χ4v) is 2.38. The van der Waals surface area contributed by atoms with Crippen molar-refractivity contribution in [1.29, 1.82) is 0 Å². The molecule has 2 rings (SSSR count). The summed E-state index contributed by atoms with van der Waals surface area (Å²) in [5, 5.41) is 0. The molecular weight excluding hydrogens is 311 g/mol. The summed E-state index contributed by atoms with van der Waals surface area (Å²) in [6, 6.07) is 6.44. The predicted molar refractivity (Wildman–Crippen MR) is 78.1 cm³/mol. The molecule has 0 bridgehead atoms. The maximum atomic E-state index is 12.5. The summed E-state index contributed by atoms with van der Waals surface area (Å²) in [4.78, 5) is 14.3. The second-order valence-electron chi connectivity index (χ2n) is 5.76. The van der Waals surface area contributed by atoms with Crippen LogP contribution >= 0.6 is 0 Å². The van der Waals surface area contributed by atoms with Crippen LogP contribution in [0.15, 0.2) is 24.3 Å². The maximum Gasteiger partial charge on any atom is 0.411 e. The van der Waals surface area contributed by atoms with Gasteiger partial charge in [0.05, 0.1) is 25.4 Å². The van der Waals surface area contributed by atoms with Gasteiger partial charge in [0.2, 0.25) is 0 Å². The average Bonchev–Trinajstić information content (AvgIpc) is 2.48. The molecule has 23 heavy (non-hydrogen) atoms. The van der Waals surface area contributed by atoms with Crippen LogP contribution in [0, 0.1) is 0 Å². The Hall–Kier alpha value is -1.60. The molecule has 1 aliphatic heterocycles. The number of hydrogen-bond donors (Lipinski definition) is 0. The number of carbonyl (C=O) groups is 1. The summed E-state index contributed by atoms with van der Waals surface area (Å²) in [5.41, 5.74) is 1.10. The molecule has 0 saturated carbocycles. The summed E-state index contributed by atoms with van der Waals surface area (Å²) in [6.45, 7) is 3.43. The van der Waals surface area contributed by atoms with Crippen molar-refractivity contribution >= 4 is 5.91 Å². The van der Waals surface area contributed by atoms with Crippen molar-refractivity contribution in [1.82, 2.24) is 4.90 Å². The Morgan fingerprint density at radius 1 is 1.30 bits per heavy atom. The lowest BCUT2D eigenvalue weighted by molar-refractivity contribution is -0.176. The number of nitrogens with zero attached hydrogens (tertiary/aromatic N) is 1. The van der Waals surface area contributed by atoms with E-state index in [1.165, 1.54) is 0 Å². The summed E-state index contributed by atoms with van der Waals surface area (Å²) >= 11 is 0. The van der Waals surface area contributed by atoms with Gasteiger partial charge in [-0.2, -0.15) is 13.2 Å². The van der Waals surface area contributed by atoms with E-state index in [9.17, 15) is 18.0 Å². The Labute approximate surface area is 133 Å². The standard InChI is InChI=1S/C16H20F3NO3/c1-11-8-23-12(2)7-20(11)15(21)14-5-3-13(4-6-14)9-22-10-16(17,18)19/h3-6,11-12H,7-10H2,1-2H3/t11-,12+/m1/s1. The SMILES string of the molecule is C[C@@H]1CO[C@@H](C)CN1C(=O)c1ccc(COCC(F)(F)F)cc1. The zero-order valence-electron chi connectivity index (χ0n) is 13.1. The molecule has 7 heteroatoms. The molecule has 1 heterocycles. The van der Waals surface area contributed by atoms with E-state index in [0.29, 0.717) is 24.3 Å². The van der Waals surface area contributed by atoms with E-state index in [-0.39, 0.29) is 24.7 Å². The highest BCUT2D eigenvalue weighted by Crippen LogP contribution is 2.18. The Bertz CT molecular complexity index is 530. The van der Waals surface area contributed by atoms with Gasteiger partial charge >= 0.3 is 6.18 Å². The number of benzene rings is 1. The largest absolute Gasteiger partial charge is 0.411 e. The third-order valence-electron chi connectivity index (χ3n) is 3.60. The molecule has 128 valence electrons. The van der Waals surface area contributed by atoms with Crippen molar-refractivity contribution in [3.8, 4) is 0 Å². The first kappa shape index (κ1) is 17.7. The number of hydrogen-bond acceptors (Lipinski definition) is 3. The van der Waals surface area contributed by atoms with E-state index in [2.05, 4.69) is 4.74 Å². The van der Waals surface area contributed by atoms with E-state index in [4.69, 9.17) is 4.74 Å². The van der Waals surface area contributed by atoms with Crippen LogP contribution in [-0.4, -0.2) is 48.9 Å². The Kier molecular flexibility index (Phi) is 5.64. The van der Waals surface area contributed by atoms with Gasteiger partial charge in [0.25, 0.3) is 5.91 Å². The van der Waals surface area contributed by atoms with Gasteiger partial charge in [-0.05, 0) is 31.5 Å². The topological polar surface area (TPSA) is 38.8 Å². The number of alkyl halides is 3. The van der Waals surface area contributed by atoms with E-state index < -0.39 is 12.8 Å². The van der Waals surface area contributed by atoms with Crippen molar-refractivity contribution in [2.75, 3.05) is 19.8 Å². The van der Waals surface area contributed by atoms with E-state index in [1.54, 1.807) is 29.2 Å². The second-order valence-corrected chi connectivity index (χ2v) is 5.76. The van der Waals surface area contributed by atoms with Crippen LogP contribution in [0.3, 0.4) is 0 Å². The van der Waals surface area contributed by atoms with Crippen LogP contribution in [-0.2, 0) is 16.1 Å². The summed E-state index contributed by atoms with van der Waals surface area (Å²) in [6.07, 6.45) is -4.34. The molecule has 0 radical (unpaired) electrons. The highest BCUT2D eigenvalue weighted by Gasteiger charge is 2.28. The smallest absolute Gasteiger partial charge is 0.375 e. The van der Waals surface area contributed by atoms with Crippen LogP contribution in [0.25, 0.3) is 0 Å². The van der Waals surface area contributed by atoms with Crippen LogP contribution in [0.2, 0.25) is 0 Å². The Morgan fingerprint density at radius 2 is 1.96 bits per heavy atom. The van der Waals surface area contributed by atoms with Gasteiger partial charge < -0.3 is 14.4 Å². The fraction of sp³-hybridized carbons (Fsp3) is 0.562. The first-order chi connectivity index (χ1) is 10.8. The minimum Gasteiger partial charge on any atom is -0.375 e. The van der Waals surface area contributed by atoms with Gasteiger partial charge in [-0.25, -0.2) is 0 Å². The van der Waals surface area contributed by atoms with Crippen molar-refractivity contribution in [3.63, 3.8) is 0 Å². The van der Waals surface area contributed by atoms with E-state index in [1.807, 2.05) is 13.8 Å². The molecule has 0 aromatic heterocycles. The molecule has 0 N–H and O–H groups in total. The van der Waals surface area contributed by atoms with Gasteiger partial charge in [0.15, 0.2) is 0 Å². The third-order valence-corrected chi connectivity index (χ3v) is 3.60. The van der Waals surface area contributed by atoms with E-state index >= 15 is 0 Å². The molecule has 0 spiro atoms. The van der Waals surface area contributed by atoms with Crippen LogP contribution < -0.4 is 0 Å². The number of carbonyl (C=O) groups excluding carboxylic acids is 1. The number of morpholine rings is 1. The number of rotatable bonds is 4. The monoisotopic (exact) mass is 331 g/mol. The quantitative estimate of drug-likeness (QED) is 0.851. The number of amides is 1. The summed E-state index contributed by atoms with van der Waals surface area (Å²) < 4.78 is 46.1. The Balaban J connectivity index is 1.94. The molecule has 1 aromatic carbocycles. The van der Waals surface area contributed by atoms with Crippen LogP contribution in [0.5, 0.6) is 0 Å².